The number of carbonyl (C=O) groups excluding carboxylic acids is 2. The maximum absolute atomic E-state index is 12.3. The molecule has 28 heavy (non-hydrogen) atoms. The summed E-state index contributed by atoms with van der Waals surface area (Å²) in [5.74, 6) is 0.154. The van der Waals surface area contributed by atoms with Crippen molar-refractivity contribution in [3.8, 4) is 0 Å². The van der Waals surface area contributed by atoms with E-state index in [1.54, 1.807) is 26.8 Å². The van der Waals surface area contributed by atoms with Crippen LogP contribution in [0.3, 0.4) is 0 Å². The Morgan fingerprint density at radius 1 is 1.07 bits per heavy atom. The Labute approximate surface area is 170 Å². The fourth-order valence-electron chi connectivity index (χ4n) is 2.86. The van der Waals surface area contributed by atoms with Crippen LogP contribution in [0.4, 0.5) is 0 Å². The molecular weight excluding hydrogens is 374 g/mol. The van der Waals surface area contributed by atoms with E-state index in [4.69, 9.17) is 0 Å². The highest BCUT2D eigenvalue weighted by atomic mass is 32.2. The Kier molecular flexibility index (Phi) is 8.86. The first-order chi connectivity index (χ1) is 12.8. The molecule has 1 aromatic carbocycles. The molecule has 0 unspecified atom stereocenters. The van der Waals surface area contributed by atoms with E-state index in [1.165, 1.54) is 0 Å². The van der Waals surface area contributed by atoms with Crippen LogP contribution in [0.25, 0.3) is 0 Å². The minimum Gasteiger partial charge on any atom is -0.350 e. The van der Waals surface area contributed by atoms with Gasteiger partial charge in [-0.2, -0.15) is 0 Å². The molecule has 0 atom stereocenters. The standard InChI is InChI=1S/C22H35NO4S/c1-16(2)23-21(25)20-13-10-11-18(17(20)3)15-19(24)12-8-7-9-14-28(26,27)22(4,5)6/h10-11,13,16H,7-9,12,14-15H2,1-6H3,(H,23,25). The lowest BCUT2D eigenvalue weighted by Gasteiger charge is -2.18. The SMILES string of the molecule is Cc1c(CC(=O)CCCCCS(=O)(=O)C(C)(C)C)cccc1C(=O)NC(C)C. The van der Waals surface area contributed by atoms with Gasteiger partial charge in [-0.05, 0) is 71.6 Å². The maximum Gasteiger partial charge on any atom is 0.251 e. The van der Waals surface area contributed by atoms with Crippen LogP contribution in [-0.4, -0.2) is 36.6 Å². The zero-order valence-corrected chi connectivity index (χ0v) is 18.9. The molecule has 0 aliphatic carbocycles. The van der Waals surface area contributed by atoms with E-state index >= 15 is 0 Å². The third kappa shape index (κ3) is 7.38. The van der Waals surface area contributed by atoms with Crippen molar-refractivity contribution in [1.29, 1.82) is 0 Å². The van der Waals surface area contributed by atoms with E-state index < -0.39 is 14.6 Å². The molecule has 1 amide bonds. The number of carbonyl (C=O) groups is 2. The van der Waals surface area contributed by atoms with Crippen LogP contribution >= 0.6 is 0 Å². The lowest BCUT2D eigenvalue weighted by Crippen LogP contribution is -2.30. The van der Waals surface area contributed by atoms with Crippen LogP contribution in [-0.2, 0) is 21.1 Å². The number of rotatable bonds is 10. The Bertz CT molecular complexity index is 789. The summed E-state index contributed by atoms with van der Waals surface area (Å²) < 4.78 is 23.4. The molecule has 1 N–H and O–H groups in total. The van der Waals surface area contributed by atoms with Crippen molar-refractivity contribution >= 4 is 21.5 Å². The number of hydrogen-bond acceptors (Lipinski definition) is 4. The van der Waals surface area contributed by atoms with Crippen molar-refractivity contribution in [2.75, 3.05) is 5.75 Å². The lowest BCUT2D eigenvalue weighted by atomic mass is 9.96. The molecule has 0 saturated heterocycles. The average Bonchev–Trinajstić information content (AvgIpc) is 2.54. The van der Waals surface area contributed by atoms with Gasteiger partial charge >= 0.3 is 0 Å². The first-order valence-electron chi connectivity index (χ1n) is 9.98. The molecule has 0 saturated carbocycles. The van der Waals surface area contributed by atoms with Gasteiger partial charge in [-0.15, -0.1) is 0 Å². The highest BCUT2D eigenvalue weighted by Crippen LogP contribution is 2.19. The predicted molar refractivity (Wildman–Crippen MR) is 115 cm³/mol. The summed E-state index contributed by atoms with van der Waals surface area (Å²) >= 11 is 0. The first-order valence-corrected chi connectivity index (χ1v) is 11.6. The Hall–Kier alpha value is -1.69. The highest BCUT2D eigenvalue weighted by molar-refractivity contribution is 7.92. The van der Waals surface area contributed by atoms with Crippen LogP contribution in [0, 0.1) is 6.92 Å². The van der Waals surface area contributed by atoms with E-state index in [0.717, 1.165) is 17.5 Å². The Balaban J connectivity index is 2.53. The number of hydrogen-bond donors (Lipinski definition) is 1. The summed E-state index contributed by atoms with van der Waals surface area (Å²) in [6, 6.07) is 5.52. The summed E-state index contributed by atoms with van der Waals surface area (Å²) in [7, 11) is -3.10. The topological polar surface area (TPSA) is 80.3 Å². The monoisotopic (exact) mass is 409 g/mol. The van der Waals surface area contributed by atoms with Crippen LogP contribution in [0.1, 0.15) is 81.8 Å². The van der Waals surface area contributed by atoms with Crippen molar-refractivity contribution in [3.63, 3.8) is 0 Å². The number of amides is 1. The predicted octanol–water partition coefficient (Wildman–Crippen LogP) is 4.02. The van der Waals surface area contributed by atoms with Gasteiger partial charge in [0.1, 0.15) is 5.78 Å². The smallest absolute Gasteiger partial charge is 0.251 e. The molecule has 1 rings (SSSR count). The molecule has 0 spiro atoms. The molecule has 0 fully saturated rings. The molecule has 0 aliphatic rings. The minimum absolute atomic E-state index is 0.0549. The van der Waals surface area contributed by atoms with Crippen LogP contribution in [0.5, 0.6) is 0 Å². The second-order valence-electron chi connectivity index (χ2n) is 8.68. The van der Waals surface area contributed by atoms with E-state index in [0.29, 0.717) is 31.2 Å². The summed E-state index contributed by atoms with van der Waals surface area (Å²) in [6.07, 6.45) is 2.71. The molecule has 0 bridgehead atoms. The molecule has 0 aliphatic heterocycles. The highest BCUT2D eigenvalue weighted by Gasteiger charge is 2.27. The van der Waals surface area contributed by atoms with Crippen molar-refractivity contribution in [2.24, 2.45) is 0 Å². The minimum atomic E-state index is -3.10. The quantitative estimate of drug-likeness (QED) is 0.592. The van der Waals surface area contributed by atoms with Gasteiger partial charge in [0.2, 0.25) is 0 Å². The number of benzene rings is 1. The molecule has 1 aromatic rings. The lowest BCUT2D eigenvalue weighted by molar-refractivity contribution is -0.118. The first kappa shape index (κ1) is 24.3. The van der Waals surface area contributed by atoms with Crippen LogP contribution in [0.15, 0.2) is 18.2 Å². The number of nitrogens with one attached hydrogen (secondary N) is 1. The van der Waals surface area contributed by atoms with Crippen molar-refractivity contribution < 1.29 is 18.0 Å². The third-order valence-electron chi connectivity index (χ3n) is 4.80. The van der Waals surface area contributed by atoms with Gasteiger partial charge in [-0.1, -0.05) is 18.6 Å². The second-order valence-corrected chi connectivity index (χ2v) is 11.5. The summed E-state index contributed by atoms with van der Waals surface area (Å²) in [4.78, 5) is 24.6. The molecular formula is C22H35NO4S. The van der Waals surface area contributed by atoms with Gasteiger partial charge in [0, 0.05) is 24.4 Å². The Morgan fingerprint density at radius 2 is 1.71 bits per heavy atom. The van der Waals surface area contributed by atoms with Gasteiger partial charge < -0.3 is 5.32 Å². The summed E-state index contributed by atoms with van der Waals surface area (Å²) in [5, 5.41) is 2.88. The molecule has 6 heteroatoms. The van der Waals surface area contributed by atoms with Crippen LogP contribution < -0.4 is 5.32 Å². The van der Waals surface area contributed by atoms with Gasteiger partial charge in [0.25, 0.3) is 5.91 Å². The van der Waals surface area contributed by atoms with E-state index in [9.17, 15) is 18.0 Å². The third-order valence-corrected chi connectivity index (χ3v) is 7.49. The molecule has 0 radical (unpaired) electrons. The molecule has 0 heterocycles. The zero-order valence-electron chi connectivity index (χ0n) is 18.1. The van der Waals surface area contributed by atoms with E-state index in [1.807, 2.05) is 32.9 Å². The summed E-state index contributed by atoms with van der Waals surface area (Å²) in [6.45, 7) is 10.8. The van der Waals surface area contributed by atoms with Gasteiger partial charge in [-0.3, -0.25) is 9.59 Å². The molecule has 158 valence electrons. The number of Topliss-reactive ketones (excluding diaryl/α,β-unsaturated/α-hetero) is 1. The van der Waals surface area contributed by atoms with E-state index in [2.05, 4.69) is 5.32 Å². The van der Waals surface area contributed by atoms with Crippen molar-refractivity contribution in [1.82, 2.24) is 5.32 Å². The summed E-state index contributed by atoms with van der Waals surface area (Å²) in [5.41, 5.74) is 2.31. The normalized spacial score (nSPS) is 12.2. The second kappa shape index (κ2) is 10.2. The van der Waals surface area contributed by atoms with Gasteiger partial charge in [-0.25, -0.2) is 8.42 Å². The Morgan fingerprint density at radius 3 is 2.29 bits per heavy atom. The van der Waals surface area contributed by atoms with Gasteiger partial charge in [0.05, 0.1) is 10.5 Å². The number of unbranched alkanes of at least 4 members (excludes halogenated alkanes) is 2. The number of sulfone groups is 1. The molecule has 0 aromatic heterocycles. The van der Waals surface area contributed by atoms with E-state index in [-0.39, 0.29) is 23.5 Å². The fraction of sp³-hybridized carbons (Fsp3) is 0.636. The van der Waals surface area contributed by atoms with Crippen LogP contribution in [0.2, 0.25) is 0 Å². The number of ketones is 1. The van der Waals surface area contributed by atoms with Crippen molar-refractivity contribution in [2.45, 2.75) is 84.4 Å². The molecule has 5 nitrogen and oxygen atoms in total. The maximum atomic E-state index is 12.3. The average molecular weight is 410 g/mol. The zero-order chi connectivity index (χ0) is 21.5. The largest absolute Gasteiger partial charge is 0.350 e. The fourth-order valence-corrected chi connectivity index (χ4v) is 4.06. The van der Waals surface area contributed by atoms with Gasteiger partial charge in [0.15, 0.2) is 9.84 Å². The van der Waals surface area contributed by atoms with Crippen molar-refractivity contribution in [3.05, 3.63) is 34.9 Å².